The van der Waals surface area contributed by atoms with Crippen LogP contribution in [0.4, 0.5) is 18.9 Å². The first kappa shape index (κ1) is 16.6. The summed E-state index contributed by atoms with van der Waals surface area (Å²) in [5.41, 5.74) is -0.485. The van der Waals surface area contributed by atoms with Crippen LogP contribution < -0.4 is 5.32 Å². The number of benzene rings is 1. The van der Waals surface area contributed by atoms with Gasteiger partial charge < -0.3 is 10.4 Å². The van der Waals surface area contributed by atoms with Crippen molar-refractivity contribution in [3.05, 3.63) is 37.4 Å². The molecule has 1 amide bonds. The number of halogens is 4. The number of aliphatic hydroxyl groups excluding tert-OH is 1. The second kappa shape index (κ2) is 6.35. The minimum Gasteiger partial charge on any atom is -0.382 e. The Balaban J connectivity index is 2.83. The Morgan fingerprint density at radius 2 is 2.10 bits per heavy atom. The van der Waals surface area contributed by atoms with Gasteiger partial charge in [-0.2, -0.15) is 13.2 Å². The number of amides is 1. The predicted molar refractivity (Wildman–Crippen MR) is 70.2 cm³/mol. The summed E-state index contributed by atoms with van der Waals surface area (Å²) in [6.45, 7) is -1.03. The molecule has 0 bridgehead atoms. The van der Waals surface area contributed by atoms with E-state index in [1.807, 2.05) is 5.32 Å². The molecule has 0 radical (unpaired) electrons. The van der Waals surface area contributed by atoms with Gasteiger partial charge in [0.1, 0.15) is 0 Å². The summed E-state index contributed by atoms with van der Waals surface area (Å²) in [4.78, 5) is 21.5. The van der Waals surface area contributed by atoms with Gasteiger partial charge >= 0.3 is 6.18 Å². The van der Waals surface area contributed by atoms with Crippen molar-refractivity contribution in [1.29, 1.82) is 0 Å². The number of non-ortho nitro benzene ring substituents is 1. The van der Waals surface area contributed by atoms with Crippen LogP contribution in [0.25, 0.3) is 0 Å². The van der Waals surface area contributed by atoms with Crippen molar-refractivity contribution in [2.45, 2.75) is 12.3 Å². The van der Waals surface area contributed by atoms with Crippen LogP contribution in [-0.2, 0) is 0 Å². The Labute approximate surface area is 124 Å². The molecule has 0 spiro atoms. The standard InChI is InChI=1S/C10H8F3IN2O4/c11-10(12,13)8(17)4-15-9(18)6-3-5(16(19)20)1-2-7(6)14/h1-3,8,17H,4H2,(H,15,18). The van der Waals surface area contributed by atoms with Crippen molar-refractivity contribution < 1.29 is 28.0 Å². The van der Waals surface area contributed by atoms with E-state index in [1.54, 1.807) is 22.6 Å². The second-order valence-electron chi connectivity index (χ2n) is 3.69. The Bertz CT molecular complexity index is 536. The lowest BCUT2D eigenvalue weighted by atomic mass is 10.2. The summed E-state index contributed by atoms with van der Waals surface area (Å²) in [5, 5.41) is 21.2. The monoisotopic (exact) mass is 404 g/mol. The Morgan fingerprint density at radius 1 is 1.50 bits per heavy atom. The molecule has 0 saturated carbocycles. The molecule has 10 heteroatoms. The summed E-state index contributed by atoms with van der Waals surface area (Å²) < 4.78 is 36.5. The summed E-state index contributed by atoms with van der Waals surface area (Å²) in [6, 6.07) is 3.42. The van der Waals surface area contributed by atoms with Crippen molar-refractivity contribution in [1.82, 2.24) is 5.32 Å². The lowest BCUT2D eigenvalue weighted by Crippen LogP contribution is -2.40. The minimum atomic E-state index is -4.84. The fraction of sp³-hybridized carbons (Fsp3) is 0.300. The third-order valence-corrected chi connectivity index (χ3v) is 3.18. The van der Waals surface area contributed by atoms with Gasteiger partial charge in [0, 0.05) is 15.7 Å². The zero-order valence-electron chi connectivity index (χ0n) is 9.65. The first-order chi connectivity index (χ1) is 9.12. The minimum absolute atomic E-state index is 0.130. The summed E-state index contributed by atoms with van der Waals surface area (Å²) in [6.07, 6.45) is -7.54. The van der Waals surface area contributed by atoms with E-state index < -0.39 is 29.7 Å². The molecule has 0 aliphatic rings. The fourth-order valence-electron chi connectivity index (χ4n) is 1.20. The largest absolute Gasteiger partial charge is 0.416 e. The van der Waals surface area contributed by atoms with Gasteiger partial charge in [0.2, 0.25) is 0 Å². The number of nitrogens with one attached hydrogen (secondary N) is 1. The van der Waals surface area contributed by atoms with Crippen LogP contribution in [0.1, 0.15) is 10.4 Å². The highest BCUT2D eigenvalue weighted by Gasteiger charge is 2.38. The maximum Gasteiger partial charge on any atom is 0.416 e. The highest BCUT2D eigenvalue weighted by Crippen LogP contribution is 2.21. The lowest BCUT2D eigenvalue weighted by Gasteiger charge is -2.15. The van der Waals surface area contributed by atoms with E-state index >= 15 is 0 Å². The summed E-state index contributed by atoms with van der Waals surface area (Å²) >= 11 is 1.72. The Kier molecular flexibility index (Phi) is 5.28. The SMILES string of the molecule is O=C(NCC(O)C(F)(F)F)c1cc([N+](=O)[O-])ccc1I. The van der Waals surface area contributed by atoms with E-state index in [0.717, 1.165) is 6.07 Å². The molecule has 1 rings (SSSR count). The molecule has 1 unspecified atom stereocenters. The van der Waals surface area contributed by atoms with E-state index in [0.29, 0.717) is 3.57 Å². The quantitative estimate of drug-likeness (QED) is 0.455. The number of alkyl halides is 3. The smallest absolute Gasteiger partial charge is 0.382 e. The predicted octanol–water partition coefficient (Wildman–Crippen LogP) is 1.85. The average Bonchev–Trinajstić information content (AvgIpc) is 2.34. The van der Waals surface area contributed by atoms with Gasteiger partial charge in [0.15, 0.2) is 6.10 Å². The topological polar surface area (TPSA) is 92.5 Å². The molecule has 0 fully saturated rings. The first-order valence-electron chi connectivity index (χ1n) is 5.10. The van der Waals surface area contributed by atoms with Crippen molar-refractivity contribution in [2.24, 2.45) is 0 Å². The molecule has 0 aliphatic carbocycles. The number of nitrogens with zero attached hydrogens (tertiary/aromatic N) is 1. The molecular weight excluding hydrogens is 396 g/mol. The summed E-state index contributed by atoms with van der Waals surface area (Å²) in [5.74, 6) is -0.929. The Hall–Kier alpha value is -1.43. The highest BCUT2D eigenvalue weighted by atomic mass is 127. The molecule has 6 nitrogen and oxygen atoms in total. The molecule has 0 aliphatic heterocycles. The van der Waals surface area contributed by atoms with Crippen LogP contribution in [-0.4, -0.2) is 34.8 Å². The van der Waals surface area contributed by atoms with Gasteiger partial charge in [-0.3, -0.25) is 14.9 Å². The maximum absolute atomic E-state index is 12.1. The van der Waals surface area contributed by atoms with Crippen molar-refractivity contribution in [3.63, 3.8) is 0 Å². The molecular formula is C10H8F3IN2O4. The van der Waals surface area contributed by atoms with Crippen LogP contribution in [0.5, 0.6) is 0 Å². The number of nitro benzene ring substituents is 1. The van der Waals surface area contributed by atoms with Crippen LogP contribution in [0.15, 0.2) is 18.2 Å². The van der Waals surface area contributed by atoms with E-state index in [4.69, 9.17) is 5.11 Å². The molecule has 20 heavy (non-hydrogen) atoms. The van der Waals surface area contributed by atoms with Gasteiger partial charge in [-0.05, 0) is 28.7 Å². The van der Waals surface area contributed by atoms with Gasteiger partial charge in [0.25, 0.3) is 11.6 Å². The van der Waals surface area contributed by atoms with Crippen molar-refractivity contribution in [3.8, 4) is 0 Å². The average molecular weight is 404 g/mol. The van der Waals surface area contributed by atoms with Gasteiger partial charge in [-0.1, -0.05) is 0 Å². The molecule has 0 aromatic heterocycles. The van der Waals surface area contributed by atoms with Crippen molar-refractivity contribution in [2.75, 3.05) is 6.54 Å². The third kappa shape index (κ3) is 4.30. The summed E-state index contributed by atoms with van der Waals surface area (Å²) in [7, 11) is 0. The first-order valence-corrected chi connectivity index (χ1v) is 6.17. The van der Waals surface area contributed by atoms with Crippen LogP contribution >= 0.6 is 22.6 Å². The van der Waals surface area contributed by atoms with E-state index in [-0.39, 0.29) is 11.3 Å². The number of rotatable bonds is 4. The van der Waals surface area contributed by atoms with E-state index in [1.165, 1.54) is 12.1 Å². The molecule has 1 atom stereocenters. The van der Waals surface area contributed by atoms with Crippen LogP contribution in [0, 0.1) is 13.7 Å². The van der Waals surface area contributed by atoms with Crippen LogP contribution in [0.2, 0.25) is 0 Å². The molecule has 0 heterocycles. The number of hydrogen-bond donors (Lipinski definition) is 2. The lowest BCUT2D eigenvalue weighted by molar-refractivity contribution is -0.384. The third-order valence-electron chi connectivity index (χ3n) is 2.24. The molecule has 0 saturated heterocycles. The van der Waals surface area contributed by atoms with Gasteiger partial charge in [0.05, 0.1) is 17.0 Å². The number of carbonyl (C=O) groups excluding carboxylic acids is 1. The highest BCUT2D eigenvalue weighted by molar-refractivity contribution is 14.1. The van der Waals surface area contributed by atoms with Crippen molar-refractivity contribution >= 4 is 34.2 Å². The Morgan fingerprint density at radius 3 is 2.60 bits per heavy atom. The second-order valence-corrected chi connectivity index (χ2v) is 4.85. The molecule has 1 aromatic carbocycles. The number of hydrogen-bond acceptors (Lipinski definition) is 4. The van der Waals surface area contributed by atoms with E-state index in [9.17, 15) is 28.1 Å². The molecule has 1 aromatic rings. The number of aliphatic hydroxyl groups is 1. The van der Waals surface area contributed by atoms with Crippen LogP contribution in [0.3, 0.4) is 0 Å². The van der Waals surface area contributed by atoms with Gasteiger partial charge in [-0.15, -0.1) is 0 Å². The molecule has 110 valence electrons. The zero-order chi connectivity index (χ0) is 15.5. The normalized spacial score (nSPS) is 12.8. The van der Waals surface area contributed by atoms with Gasteiger partial charge in [-0.25, -0.2) is 0 Å². The fourth-order valence-corrected chi connectivity index (χ4v) is 1.78. The number of carbonyl (C=O) groups is 1. The zero-order valence-corrected chi connectivity index (χ0v) is 11.8. The number of nitro groups is 1. The van der Waals surface area contributed by atoms with E-state index in [2.05, 4.69) is 0 Å². The molecule has 2 N–H and O–H groups in total. The maximum atomic E-state index is 12.1.